The molecule has 0 aliphatic carbocycles. The van der Waals surface area contributed by atoms with Gasteiger partial charge in [-0.25, -0.2) is 0 Å². The Morgan fingerprint density at radius 2 is 2.25 bits per heavy atom. The van der Waals surface area contributed by atoms with Gasteiger partial charge in [-0.15, -0.1) is 0 Å². The lowest BCUT2D eigenvalue weighted by atomic mass is 9.90. The third-order valence-electron chi connectivity index (χ3n) is 4.50. The molecule has 2 aliphatic rings. The van der Waals surface area contributed by atoms with Crippen LogP contribution in [0.3, 0.4) is 0 Å². The molecule has 0 radical (unpaired) electrons. The lowest BCUT2D eigenvalue weighted by Crippen LogP contribution is -2.40. The van der Waals surface area contributed by atoms with Crippen LogP contribution in [-0.2, 0) is 4.74 Å². The van der Waals surface area contributed by atoms with E-state index in [4.69, 9.17) is 15.3 Å². The molecule has 2 heterocycles. The maximum atomic E-state index is 5.77. The first-order valence-electron chi connectivity index (χ1n) is 7.68. The number of hydrogen-bond donors (Lipinski definition) is 2. The molecule has 3 N–H and O–H groups in total. The van der Waals surface area contributed by atoms with E-state index in [0.717, 1.165) is 38.2 Å². The summed E-state index contributed by atoms with van der Waals surface area (Å²) >= 11 is 0. The number of hydrogen-bond acceptors (Lipinski definition) is 4. The normalized spacial score (nSPS) is 26.2. The van der Waals surface area contributed by atoms with E-state index in [0.29, 0.717) is 12.0 Å². The Kier molecular flexibility index (Phi) is 4.55. The average molecular weight is 276 g/mol. The van der Waals surface area contributed by atoms with E-state index in [1.807, 2.05) is 12.1 Å². The Hall–Kier alpha value is -1.10. The number of benzene rings is 1. The van der Waals surface area contributed by atoms with Crippen LogP contribution >= 0.6 is 0 Å². The molecule has 110 valence electrons. The van der Waals surface area contributed by atoms with Crippen LogP contribution in [0, 0.1) is 0 Å². The maximum Gasteiger partial charge on any atom is 0.122 e. The first-order valence-corrected chi connectivity index (χ1v) is 7.68. The van der Waals surface area contributed by atoms with Gasteiger partial charge in [0.1, 0.15) is 5.75 Å². The average Bonchev–Trinajstić information content (AvgIpc) is 3.13. The molecule has 0 amide bonds. The molecule has 0 aromatic heterocycles. The molecule has 0 spiro atoms. The number of fused-ring (bicyclic) bond motifs is 1. The summed E-state index contributed by atoms with van der Waals surface area (Å²) in [6.07, 6.45) is 6.27. The molecular weight excluding hydrogens is 252 g/mol. The molecule has 3 rings (SSSR count). The third-order valence-corrected chi connectivity index (χ3v) is 4.50. The predicted molar refractivity (Wildman–Crippen MR) is 78.6 cm³/mol. The Morgan fingerprint density at radius 3 is 3.05 bits per heavy atom. The zero-order chi connectivity index (χ0) is 13.8. The van der Waals surface area contributed by atoms with Crippen LogP contribution in [0.25, 0.3) is 0 Å². The minimum atomic E-state index is 0.278. The van der Waals surface area contributed by atoms with Gasteiger partial charge in [0.05, 0.1) is 12.7 Å². The second-order valence-electron chi connectivity index (χ2n) is 5.79. The van der Waals surface area contributed by atoms with E-state index in [2.05, 4.69) is 17.6 Å². The largest absolute Gasteiger partial charge is 0.493 e. The topological polar surface area (TPSA) is 56.5 Å². The standard InChI is InChI=1S/C16H24N2O2/c17-18-15(8-3-5-12-6-4-10-19-12)14-11-20-16-9-2-1-7-13(14)16/h1-2,7,9,12,14-15,18H,3-6,8,10-11,17H2. The van der Waals surface area contributed by atoms with Gasteiger partial charge >= 0.3 is 0 Å². The highest BCUT2D eigenvalue weighted by Gasteiger charge is 2.30. The Labute approximate surface area is 120 Å². The fourth-order valence-electron chi connectivity index (χ4n) is 3.36. The van der Waals surface area contributed by atoms with Gasteiger partial charge in [-0.2, -0.15) is 0 Å². The molecule has 20 heavy (non-hydrogen) atoms. The van der Waals surface area contributed by atoms with Crippen molar-refractivity contribution in [2.45, 2.75) is 50.2 Å². The van der Waals surface area contributed by atoms with Gasteiger partial charge in [-0.05, 0) is 38.2 Å². The second kappa shape index (κ2) is 6.57. The highest BCUT2D eigenvalue weighted by atomic mass is 16.5. The molecule has 1 aromatic carbocycles. The van der Waals surface area contributed by atoms with Gasteiger partial charge < -0.3 is 9.47 Å². The van der Waals surface area contributed by atoms with Crippen molar-refractivity contribution in [3.8, 4) is 5.75 Å². The number of ether oxygens (including phenoxy) is 2. The number of nitrogens with two attached hydrogens (primary N) is 1. The van der Waals surface area contributed by atoms with Crippen molar-refractivity contribution < 1.29 is 9.47 Å². The predicted octanol–water partition coefficient (Wildman–Crippen LogP) is 2.34. The summed E-state index contributed by atoms with van der Waals surface area (Å²) in [4.78, 5) is 0. The summed E-state index contributed by atoms with van der Waals surface area (Å²) in [6.45, 7) is 1.67. The summed E-state index contributed by atoms with van der Waals surface area (Å²) in [5.74, 6) is 7.14. The number of para-hydroxylation sites is 1. The highest BCUT2D eigenvalue weighted by Crippen LogP contribution is 2.36. The summed E-state index contributed by atoms with van der Waals surface area (Å²) in [5, 5.41) is 0. The van der Waals surface area contributed by atoms with Gasteiger partial charge in [-0.1, -0.05) is 18.2 Å². The fraction of sp³-hybridized carbons (Fsp3) is 0.625. The van der Waals surface area contributed by atoms with Crippen molar-refractivity contribution in [1.82, 2.24) is 5.43 Å². The van der Waals surface area contributed by atoms with Gasteiger partial charge in [-0.3, -0.25) is 11.3 Å². The van der Waals surface area contributed by atoms with Crippen molar-refractivity contribution in [3.63, 3.8) is 0 Å². The maximum absolute atomic E-state index is 5.77. The monoisotopic (exact) mass is 276 g/mol. The van der Waals surface area contributed by atoms with Crippen LogP contribution in [0.1, 0.15) is 43.6 Å². The first-order chi connectivity index (χ1) is 9.88. The van der Waals surface area contributed by atoms with E-state index in [1.165, 1.54) is 18.4 Å². The number of hydrazine groups is 1. The molecule has 3 unspecified atom stereocenters. The molecule has 4 nitrogen and oxygen atoms in total. The third kappa shape index (κ3) is 2.97. The van der Waals surface area contributed by atoms with Crippen molar-refractivity contribution >= 4 is 0 Å². The summed E-state index contributed by atoms with van der Waals surface area (Å²) in [6, 6.07) is 8.55. The van der Waals surface area contributed by atoms with Crippen LogP contribution in [0.2, 0.25) is 0 Å². The molecule has 1 aromatic rings. The van der Waals surface area contributed by atoms with Crippen LogP contribution in [0.15, 0.2) is 24.3 Å². The van der Waals surface area contributed by atoms with Crippen LogP contribution in [0.5, 0.6) is 5.75 Å². The zero-order valence-corrected chi connectivity index (χ0v) is 11.9. The quantitative estimate of drug-likeness (QED) is 0.618. The van der Waals surface area contributed by atoms with Crippen molar-refractivity contribution in [2.24, 2.45) is 5.84 Å². The Bertz CT molecular complexity index is 432. The SMILES string of the molecule is NNC(CCCC1CCCO1)C1COc2ccccc21. The first kappa shape index (κ1) is 13.9. The summed E-state index contributed by atoms with van der Waals surface area (Å²) < 4.78 is 11.4. The Morgan fingerprint density at radius 1 is 1.35 bits per heavy atom. The van der Waals surface area contributed by atoms with Gasteiger partial charge in [0.15, 0.2) is 0 Å². The lowest BCUT2D eigenvalue weighted by molar-refractivity contribution is 0.101. The van der Waals surface area contributed by atoms with Crippen molar-refractivity contribution in [1.29, 1.82) is 0 Å². The van der Waals surface area contributed by atoms with Crippen LogP contribution in [0.4, 0.5) is 0 Å². The minimum Gasteiger partial charge on any atom is -0.493 e. The second-order valence-corrected chi connectivity index (χ2v) is 5.79. The lowest BCUT2D eigenvalue weighted by Gasteiger charge is -2.22. The molecular formula is C16H24N2O2. The van der Waals surface area contributed by atoms with E-state index in [9.17, 15) is 0 Å². The smallest absolute Gasteiger partial charge is 0.122 e. The van der Waals surface area contributed by atoms with Gasteiger partial charge in [0.2, 0.25) is 0 Å². The molecule has 4 heteroatoms. The minimum absolute atomic E-state index is 0.278. The number of rotatable bonds is 6. The van der Waals surface area contributed by atoms with E-state index in [-0.39, 0.29) is 6.04 Å². The van der Waals surface area contributed by atoms with E-state index in [1.54, 1.807) is 0 Å². The van der Waals surface area contributed by atoms with E-state index >= 15 is 0 Å². The van der Waals surface area contributed by atoms with Gasteiger partial charge in [0, 0.05) is 24.1 Å². The van der Waals surface area contributed by atoms with Crippen molar-refractivity contribution in [3.05, 3.63) is 29.8 Å². The summed E-state index contributed by atoms with van der Waals surface area (Å²) in [5.41, 5.74) is 4.27. The molecule has 3 atom stereocenters. The van der Waals surface area contributed by atoms with Crippen LogP contribution in [-0.4, -0.2) is 25.4 Å². The zero-order valence-electron chi connectivity index (χ0n) is 11.9. The Balaban J connectivity index is 1.54. The molecule has 1 saturated heterocycles. The van der Waals surface area contributed by atoms with Gasteiger partial charge in [0.25, 0.3) is 0 Å². The molecule has 0 bridgehead atoms. The van der Waals surface area contributed by atoms with Crippen LogP contribution < -0.4 is 16.0 Å². The molecule has 0 saturated carbocycles. The van der Waals surface area contributed by atoms with Crippen molar-refractivity contribution in [2.75, 3.05) is 13.2 Å². The highest BCUT2D eigenvalue weighted by molar-refractivity contribution is 5.40. The van der Waals surface area contributed by atoms with E-state index < -0.39 is 0 Å². The molecule has 1 fully saturated rings. The number of nitrogens with one attached hydrogen (secondary N) is 1. The summed E-state index contributed by atoms with van der Waals surface area (Å²) in [7, 11) is 0. The fourth-order valence-corrected chi connectivity index (χ4v) is 3.36. The molecule has 2 aliphatic heterocycles.